The maximum Gasteiger partial charge on any atom is 0.230 e. The number of aldehydes is 1. The number of methoxy groups -OCH3 is 1. The summed E-state index contributed by atoms with van der Waals surface area (Å²) in [4.78, 5) is 23.5. The third-order valence-corrected chi connectivity index (χ3v) is 2.95. The highest BCUT2D eigenvalue weighted by Crippen LogP contribution is 2.31. The Morgan fingerprint density at radius 3 is 2.76 bits per heavy atom. The normalized spacial score (nSPS) is 13.9. The third-order valence-electron chi connectivity index (χ3n) is 2.95. The Morgan fingerprint density at radius 2 is 2.14 bits per heavy atom. The van der Waals surface area contributed by atoms with Crippen LogP contribution in [0.1, 0.15) is 18.9 Å². The van der Waals surface area contributed by atoms with Crippen molar-refractivity contribution in [3.8, 4) is 5.75 Å². The number of anilines is 1. The minimum absolute atomic E-state index is 0.0280. The summed E-state index contributed by atoms with van der Waals surface area (Å²) in [7, 11) is 3.41. The van der Waals surface area contributed by atoms with E-state index in [2.05, 4.69) is 4.74 Å². The molecular formula is C16H21NO4. The van der Waals surface area contributed by atoms with Gasteiger partial charge in [-0.1, -0.05) is 12.1 Å². The van der Waals surface area contributed by atoms with Crippen molar-refractivity contribution in [2.45, 2.75) is 13.3 Å². The van der Waals surface area contributed by atoms with Gasteiger partial charge in [-0.05, 0) is 30.7 Å². The SMILES string of the molecule is CCOC.CN1C(=O)CCOc2ccc(/C=C/C=O)cc21. The molecule has 0 aromatic heterocycles. The summed E-state index contributed by atoms with van der Waals surface area (Å²) in [5, 5.41) is 0. The molecule has 0 fully saturated rings. The molecule has 0 bridgehead atoms. The lowest BCUT2D eigenvalue weighted by atomic mass is 10.1. The number of carbonyl (C=O) groups is 2. The van der Waals surface area contributed by atoms with Gasteiger partial charge in [0.2, 0.25) is 5.91 Å². The third kappa shape index (κ3) is 5.04. The van der Waals surface area contributed by atoms with Crippen molar-refractivity contribution >= 4 is 24.0 Å². The fourth-order valence-electron chi connectivity index (χ4n) is 1.72. The molecule has 1 amide bonds. The van der Waals surface area contributed by atoms with Gasteiger partial charge in [-0.2, -0.15) is 0 Å². The lowest BCUT2D eigenvalue weighted by molar-refractivity contribution is -0.118. The number of allylic oxidation sites excluding steroid dienone is 1. The quantitative estimate of drug-likeness (QED) is 0.633. The average Bonchev–Trinajstić information content (AvgIpc) is 2.65. The molecule has 1 aliphatic rings. The second-order valence-electron chi connectivity index (χ2n) is 4.35. The van der Waals surface area contributed by atoms with E-state index in [1.807, 2.05) is 25.1 Å². The molecule has 5 nitrogen and oxygen atoms in total. The Bertz CT molecular complexity index is 509. The van der Waals surface area contributed by atoms with E-state index in [1.165, 1.54) is 6.08 Å². The van der Waals surface area contributed by atoms with Gasteiger partial charge in [0.1, 0.15) is 12.0 Å². The molecular weight excluding hydrogens is 270 g/mol. The van der Waals surface area contributed by atoms with Gasteiger partial charge in [-0.15, -0.1) is 0 Å². The fraction of sp³-hybridized carbons (Fsp3) is 0.375. The van der Waals surface area contributed by atoms with Crippen molar-refractivity contribution in [2.24, 2.45) is 0 Å². The van der Waals surface area contributed by atoms with Crippen LogP contribution in [0.15, 0.2) is 24.3 Å². The minimum Gasteiger partial charge on any atom is -0.491 e. The summed E-state index contributed by atoms with van der Waals surface area (Å²) in [6, 6.07) is 5.50. The summed E-state index contributed by atoms with van der Waals surface area (Å²) in [5.74, 6) is 0.724. The van der Waals surface area contributed by atoms with Crippen LogP contribution in [0.2, 0.25) is 0 Å². The molecule has 1 aromatic carbocycles. The van der Waals surface area contributed by atoms with Crippen LogP contribution in [-0.2, 0) is 14.3 Å². The summed E-state index contributed by atoms with van der Waals surface area (Å²) in [6.07, 6.45) is 4.21. The van der Waals surface area contributed by atoms with Crippen molar-refractivity contribution in [1.29, 1.82) is 0 Å². The van der Waals surface area contributed by atoms with Crippen molar-refractivity contribution in [2.75, 3.05) is 32.3 Å². The highest BCUT2D eigenvalue weighted by molar-refractivity contribution is 5.95. The standard InChI is InChI=1S/C13H13NO3.C3H8O/c1-14-11-9-10(3-2-7-15)4-5-12(11)17-8-6-13(14)16;1-3-4-2/h2-5,7,9H,6,8H2,1H3;3H2,1-2H3/b3-2+;. The zero-order valence-electron chi connectivity index (χ0n) is 12.7. The summed E-state index contributed by atoms with van der Waals surface area (Å²) in [5.41, 5.74) is 1.60. The number of hydrogen-bond donors (Lipinski definition) is 0. The summed E-state index contributed by atoms with van der Waals surface area (Å²) < 4.78 is 10.0. The molecule has 0 unspecified atom stereocenters. The highest BCUT2D eigenvalue weighted by Gasteiger charge is 2.19. The monoisotopic (exact) mass is 291 g/mol. The average molecular weight is 291 g/mol. The lowest BCUT2D eigenvalue weighted by Crippen LogP contribution is -2.25. The van der Waals surface area contributed by atoms with Crippen LogP contribution in [-0.4, -0.2) is 39.6 Å². The van der Waals surface area contributed by atoms with Gasteiger partial charge in [0.15, 0.2) is 0 Å². The summed E-state index contributed by atoms with van der Waals surface area (Å²) in [6.45, 7) is 3.18. The van der Waals surface area contributed by atoms with Gasteiger partial charge in [0.25, 0.3) is 0 Å². The number of amides is 1. The molecule has 1 aromatic rings. The first kappa shape index (κ1) is 16.9. The Kier molecular flexibility index (Phi) is 7.18. The number of carbonyl (C=O) groups excluding carboxylic acids is 2. The van der Waals surface area contributed by atoms with Gasteiger partial charge in [0, 0.05) is 20.8 Å². The molecule has 0 spiro atoms. The Balaban J connectivity index is 0.000000491. The van der Waals surface area contributed by atoms with Crippen LogP contribution in [0.5, 0.6) is 5.75 Å². The van der Waals surface area contributed by atoms with Crippen LogP contribution >= 0.6 is 0 Å². The molecule has 1 heterocycles. The lowest BCUT2D eigenvalue weighted by Gasteiger charge is -2.16. The number of nitrogens with zero attached hydrogens (tertiary/aromatic N) is 1. The van der Waals surface area contributed by atoms with Crippen LogP contribution < -0.4 is 9.64 Å². The minimum atomic E-state index is 0.0280. The predicted octanol–water partition coefficient (Wildman–Crippen LogP) is 2.30. The number of rotatable bonds is 3. The van der Waals surface area contributed by atoms with E-state index in [4.69, 9.17) is 4.74 Å². The number of hydrogen-bond acceptors (Lipinski definition) is 4. The largest absolute Gasteiger partial charge is 0.491 e. The highest BCUT2D eigenvalue weighted by atomic mass is 16.5. The molecule has 0 aliphatic carbocycles. The van der Waals surface area contributed by atoms with E-state index >= 15 is 0 Å². The van der Waals surface area contributed by atoms with Gasteiger partial charge < -0.3 is 14.4 Å². The molecule has 0 atom stereocenters. The number of benzene rings is 1. The van der Waals surface area contributed by atoms with E-state index in [-0.39, 0.29) is 5.91 Å². The molecule has 0 radical (unpaired) electrons. The van der Waals surface area contributed by atoms with E-state index in [9.17, 15) is 9.59 Å². The second kappa shape index (κ2) is 8.92. The first-order valence-corrected chi connectivity index (χ1v) is 6.78. The zero-order valence-corrected chi connectivity index (χ0v) is 12.7. The number of fused-ring (bicyclic) bond motifs is 1. The van der Waals surface area contributed by atoms with Crippen LogP contribution in [0.3, 0.4) is 0 Å². The van der Waals surface area contributed by atoms with E-state index in [0.717, 1.165) is 24.1 Å². The van der Waals surface area contributed by atoms with Crippen molar-refractivity contribution in [3.05, 3.63) is 29.8 Å². The van der Waals surface area contributed by atoms with Crippen LogP contribution in [0.4, 0.5) is 5.69 Å². The molecule has 1 aliphatic heterocycles. The zero-order chi connectivity index (χ0) is 15.7. The van der Waals surface area contributed by atoms with E-state index < -0.39 is 0 Å². The molecule has 21 heavy (non-hydrogen) atoms. The van der Waals surface area contributed by atoms with Crippen molar-refractivity contribution in [1.82, 2.24) is 0 Å². The van der Waals surface area contributed by atoms with E-state index in [1.54, 1.807) is 25.1 Å². The Hall–Kier alpha value is -2.14. The first-order valence-electron chi connectivity index (χ1n) is 6.78. The fourth-order valence-corrected chi connectivity index (χ4v) is 1.72. The predicted molar refractivity (Wildman–Crippen MR) is 82.6 cm³/mol. The topological polar surface area (TPSA) is 55.8 Å². The van der Waals surface area contributed by atoms with Gasteiger partial charge in [-0.3, -0.25) is 9.59 Å². The maximum absolute atomic E-state index is 11.7. The molecule has 2 rings (SSSR count). The molecule has 0 saturated heterocycles. The molecule has 0 N–H and O–H groups in total. The van der Waals surface area contributed by atoms with E-state index in [0.29, 0.717) is 18.8 Å². The summed E-state index contributed by atoms with van der Waals surface area (Å²) >= 11 is 0. The molecule has 5 heteroatoms. The smallest absolute Gasteiger partial charge is 0.230 e. The van der Waals surface area contributed by atoms with Gasteiger partial charge in [0.05, 0.1) is 18.7 Å². The van der Waals surface area contributed by atoms with Gasteiger partial charge >= 0.3 is 0 Å². The molecule has 0 saturated carbocycles. The van der Waals surface area contributed by atoms with Crippen molar-refractivity contribution < 1.29 is 19.1 Å². The number of ether oxygens (including phenoxy) is 2. The Morgan fingerprint density at radius 1 is 1.43 bits per heavy atom. The van der Waals surface area contributed by atoms with Crippen LogP contribution in [0.25, 0.3) is 6.08 Å². The van der Waals surface area contributed by atoms with Crippen LogP contribution in [0, 0.1) is 0 Å². The van der Waals surface area contributed by atoms with Crippen molar-refractivity contribution in [3.63, 3.8) is 0 Å². The second-order valence-corrected chi connectivity index (χ2v) is 4.35. The first-order chi connectivity index (χ1) is 10.1. The Labute approximate surface area is 125 Å². The molecule has 114 valence electrons. The maximum atomic E-state index is 11.7. The van der Waals surface area contributed by atoms with Gasteiger partial charge in [-0.25, -0.2) is 0 Å².